The molecule has 2 fully saturated rings. The van der Waals surface area contributed by atoms with Crippen LogP contribution in [-0.4, -0.2) is 13.1 Å². The van der Waals surface area contributed by atoms with E-state index in [1.165, 1.54) is 58.0 Å². The molecule has 1 atom stereocenters. The number of rotatable bonds is 0. The van der Waals surface area contributed by atoms with Gasteiger partial charge in [0.1, 0.15) is 0 Å². The summed E-state index contributed by atoms with van der Waals surface area (Å²) in [6.07, 6.45) is 10.4. The lowest BCUT2D eigenvalue weighted by molar-refractivity contribution is 0.0990. The topological polar surface area (TPSA) is 12.0 Å². The summed E-state index contributed by atoms with van der Waals surface area (Å²) < 4.78 is 0. The standard InChI is InChI=1S/C12H23N/c1-11-10-13-9-8-12(11)6-4-2-3-5-7-12/h11,13H,2-10H2,1H3. The summed E-state index contributed by atoms with van der Waals surface area (Å²) in [4.78, 5) is 0. The molecule has 1 heterocycles. The fourth-order valence-corrected chi connectivity index (χ4v) is 3.29. The Labute approximate surface area is 82.3 Å². The molecule has 0 amide bonds. The van der Waals surface area contributed by atoms with E-state index in [9.17, 15) is 0 Å². The van der Waals surface area contributed by atoms with Gasteiger partial charge in [-0.1, -0.05) is 32.6 Å². The zero-order valence-electron chi connectivity index (χ0n) is 8.94. The molecule has 1 saturated carbocycles. The third kappa shape index (κ3) is 1.90. The molecule has 13 heavy (non-hydrogen) atoms. The summed E-state index contributed by atoms with van der Waals surface area (Å²) >= 11 is 0. The molecule has 1 N–H and O–H groups in total. The average molecular weight is 181 g/mol. The third-order valence-electron chi connectivity index (χ3n) is 4.39. The Kier molecular flexibility index (Phi) is 2.92. The zero-order valence-corrected chi connectivity index (χ0v) is 8.94. The lowest BCUT2D eigenvalue weighted by Gasteiger charge is -2.43. The van der Waals surface area contributed by atoms with E-state index < -0.39 is 0 Å². The van der Waals surface area contributed by atoms with E-state index in [1.54, 1.807) is 0 Å². The minimum atomic E-state index is 0.738. The summed E-state index contributed by atoms with van der Waals surface area (Å²) in [6.45, 7) is 4.99. The van der Waals surface area contributed by atoms with Crippen LogP contribution in [0.15, 0.2) is 0 Å². The molecular weight excluding hydrogens is 158 g/mol. The quantitative estimate of drug-likeness (QED) is 0.606. The van der Waals surface area contributed by atoms with Crippen LogP contribution in [0.2, 0.25) is 0 Å². The molecule has 76 valence electrons. The highest BCUT2D eigenvalue weighted by molar-refractivity contribution is 4.90. The minimum Gasteiger partial charge on any atom is -0.316 e. The van der Waals surface area contributed by atoms with Crippen LogP contribution in [0.5, 0.6) is 0 Å². The number of nitrogens with one attached hydrogen (secondary N) is 1. The molecular formula is C12H23N. The maximum atomic E-state index is 3.53. The van der Waals surface area contributed by atoms with Crippen LogP contribution in [-0.2, 0) is 0 Å². The Balaban J connectivity index is 2.05. The summed E-state index contributed by atoms with van der Waals surface area (Å²) in [6, 6.07) is 0. The van der Waals surface area contributed by atoms with Gasteiger partial charge < -0.3 is 5.32 Å². The molecule has 0 aromatic heterocycles. The third-order valence-corrected chi connectivity index (χ3v) is 4.39. The van der Waals surface area contributed by atoms with Gasteiger partial charge in [-0.3, -0.25) is 0 Å². The normalized spacial score (nSPS) is 34.4. The molecule has 1 spiro atoms. The van der Waals surface area contributed by atoms with Gasteiger partial charge in [-0.15, -0.1) is 0 Å². The second-order valence-corrected chi connectivity index (χ2v) is 5.13. The molecule has 1 heteroatoms. The first-order valence-corrected chi connectivity index (χ1v) is 6.04. The molecule has 0 bridgehead atoms. The molecule has 0 aromatic carbocycles. The molecule has 1 saturated heterocycles. The highest BCUT2D eigenvalue weighted by Gasteiger charge is 2.37. The zero-order chi connectivity index (χ0) is 9.15. The van der Waals surface area contributed by atoms with Gasteiger partial charge in [0.2, 0.25) is 0 Å². The lowest BCUT2D eigenvalue weighted by atomic mass is 9.67. The van der Waals surface area contributed by atoms with Crippen molar-refractivity contribution in [1.29, 1.82) is 0 Å². The largest absolute Gasteiger partial charge is 0.316 e. The van der Waals surface area contributed by atoms with Crippen LogP contribution in [0, 0.1) is 11.3 Å². The van der Waals surface area contributed by atoms with Crippen molar-refractivity contribution >= 4 is 0 Å². The van der Waals surface area contributed by atoms with E-state index in [2.05, 4.69) is 12.2 Å². The fourth-order valence-electron chi connectivity index (χ4n) is 3.29. The van der Waals surface area contributed by atoms with Crippen molar-refractivity contribution in [2.75, 3.05) is 13.1 Å². The van der Waals surface area contributed by atoms with Crippen molar-refractivity contribution in [3.8, 4) is 0 Å². The molecule has 1 nitrogen and oxygen atoms in total. The number of hydrogen-bond donors (Lipinski definition) is 1. The van der Waals surface area contributed by atoms with Crippen LogP contribution in [0.1, 0.15) is 51.9 Å². The summed E-state index contributed by atoms with van der Waals surface area (Å²) in [5.74, 6) is 0.916. The Morgan fingerprint density at radius 2 is 1.69 bits per heavy atom. The second kappa shape index (κ2) is 4.00. The maximum absolute atomic E-state index is 3.53. The first kappa shape index (κ1) is 9.51. The molecule has 1 aliphatic heterocycles. The minimum absolute atomic E-state index is 0.738. The molecule has 2 rings (SSSR count). The van der Waals surface area contributed by atoms with E-state index >= 15 is 0 Å². The maximum Gasteiger partial charge on any atom is -0.00178 e. The predicted octanol–water partition coefficient (Wildman–Crippen LogP) is 2.96. The Morgan fingerprint density at radius 1 is 1.00 bits per heavy atom. The lowest BCUT2D eigenvalue weighted by Crippen LogP contribution is -2.43. The first-order valence-electron chi connectivity index (χ1n) is 6.04. The van der Waals surface area contributed by atoms with Gasteiger partial charge in [0.25, 0.3) is 0 Å². The van der Waals surface area contributed by atoms with Crippen molar-refractivity contribution in [1.82, 2.24) is 5.32 Å². The molecule has 0 aromatic rings. The van der Waals surface area contributed by atoms with Gasteiger partial charge in [0.05, 0.1) is 0 Å². The van der Waals surface area contributed by atoms with E-state index in [4.69, 9.17) is 0 Å². The molecule has 0 radical (unpaired) electrons. The van der Waals surface area contributed by atoms with Crippen LogP contribution in [0.3, 0.4) is 0 Å². The van der Waals surface area contributed by atoms with Gasteiger partial charge in [-0.25, -0.2) is 0 Å². The summed E-state index contributed by atoms with van der Waals surface area (Å²) in [5, 5.41) is 3.53. The smallest absolute Gasteiger partial charge is 0.00178 e. The van der Waals surface area contributed by atoms with Crippen molar-refractivity contribution in [3.05, 3.63) is 0 Å². The Hall–Kier alpha value is -0.0400. The van der Waals surface area contributed by atoms with Crippen LogP contribution < -0.4 is 5.32 Å². The monoisotopic (exact) mass is 181 g/mol. The Bertz CT molecular complexity index is 157. The Morgan fingerprint density at radius 3 is 2.31 bits per heavy atom. The van der Waals surface area contributed by atoms with Gasteiger partial charge >= 0.3 is 0 Å². The van der Waals surface area contributed by atoms with Crippen molar-refractivity contribution in [2.24, 2.45) is 11.3 Å². The van der Waals surface area contributed by atoms with E-state index in [0.29, 0.717) is 0 Å². The SMILES string of the molecule is CC1CNCCC12CCCCCC2. The number of piperidine rings is 1. The summed E-state index contributed by atoms with van der Waals surface area (Å²) in [7, 11) is 0. The highest BCUT2D eigenvalue weighted by atomic mass is 14.9. The van der Waals surface area contributed by atoms with Crippen molar-refractivity contribution in [2.45, 2.75) is 51.9 Å². The van der Waals surface area contributed by atoms with Crippen LogP contribution in [0.25, 0.3) is 0 Å². The van der Waals surface area contributed by atoms with Gasteiger partial charge in [-0.05, 0) is 43.7 Å². The van der Waals surface area contributed by atoms with E-state index in [1.807, 2.05) is 0 Å². The fraction of sp³-hybridized carbons (Fsp3) is 1.00. The highest BCUT2D eigenvalue weighted by Crippen LogP contribution is 2.45. The van der Waals surface area contributed by atoms with Crippen molar-refractivity contribution < 1.29 is 0 Å². The van der Waals surface area contributed by atoms with Crippen LogP contribution >= 0.6 is 0 Å². The molecule has 1 aliphatic carbocycles. The van der Waals surface area contributed by atoms with Gasteiger partial charge in [0, 0.05) is 0 Å². The summed E-state index contributed by atoms with van der Waals surface area (Å²) in [5.41, 5.74) is 0.738. The number of hydrogen-bond acceptors (Lipinski definition) is 1. The van der Waals surface area contributed by atoms with Gasteiger partial charge in [-0.2, -0.15) is 0 Å². The van der Waals surface area contributed by atoms with E-state index in [-0.39, 0.29) is 0 Å². The molecule has 2 aliphatic rings. The first-order chi connectivity index (χ1) is 6.33. The molecule has 1 unspecified atom stereocenters. The van der Waals surface area contributed by atoms with Crippen molar-refractivity contribution in [3.63, 3.8) is 0 Å². The predicted molar refractivity (Wildman–Crippen MR) is 56.8 cm³/mol. The second-order valence-electron chi connectivity index (χ2n) is 5.13. The average Bonchev–Trinajstić information content (AvgIpc) is 2.37. The van der Waals surface area contributed by atoms with Gasteiger partial charge in [0.15, 0.2) is 0 Å². The van der Waals surface area contributed by atoms with Crippen LogP contribution in [0.4, 0.5) is 0 Å². The van der Waals surface area contributed by atoms with E-state index in [0.717, 1.165) is 11.3 Å².